The van der Waals surface area contributed by atoms with E-state index in [-0.39, 0.29) is 0 Å². The second-order valence-corrected chi connectivity index (χ2v) is 3.56. The Hall–Kier alpha value is -1.24. The lowest BCUT2D eigenvalue weighted by Crippen LogP contribution is -1.98. The molecule has 13 heavy (non-hydrogen) atoms. The molecule has 0 spiro atoms. The molecule has 1 heteroatoms. The summed E-state index contributed by atoms with van der Waals surface area (Å²) in [6.45, 7) is 0. The van der Waals surface area contributed by atoms with E-state index in [2.05, 4.69) is 18.2 Å². The summed E-state index contributed by atoms with van der Waals surface area (Å²) in [6, 6.07) is 7.57. The highest BCUT2D eigenvalue weighted by Crippen LogP contribution is 2.29. The van der Waals surface area contributed by atoms with Crippen LogP contribution in [-0.2, 0) is 0 Å². The Morgan fingerprint density at radius 2 is 2.23 bits per heavy atom. The minimum absolute atomic E-state index is 0.372. The zero-order valence-electron chi connectivity index (χ0n) is 7.61. The van der Waals surface area contributed by atoms with Crippen LogP contribution in [0.4, 0.5) is 0 Å². The van der Waals surface area contributed by atoms with Crippen molar-refractivity contribution in [3.05, 3.63) is 42.0 Å². The molecule has 1 aliphatic carbocycles. The first-order valence-electron chi connectivity index (χ1n) is 4.82. The van der Waals surface area contributed by atoms with E-state index in [1.807, 2.05) is 12.1 Å². The molecule has 1 atom stereocenters. The Kier molecular flexibility index (Phi) is 2.35. The molecule has 0 aromatic heterocycles. The number of hydrogen-bond donors (Lipinski definition) is 1. The van der Waals surface area contributed by atoms with Gasteiger partial charge in [0.1, 0.15) is 5.75 Å². The number of phenolic OH excluding ortho intramolecular Hbond substituents is 1. The third-order valence-corrected chi connectivity index (χ3v) is 2.55. The second kappa shape index (κ2) is 3.65. The average molecular weight is 174 g/mol. The van der Waals surface area contributed by atoms with Crippen molar-refractivity contribution in [1.82, 2.24) is 0 Å². The number of hydrogen-bond acceptors (Lipinski definition) is 1. The van der Waals surface area contributed by atoms with E-state index < -0.39 is 0 Å². The second-order valence-electron chi connectivity index (χ2n) is 3.56. The van der Waals surface area contributed by atoms with Gasteiger partial charge in [-0.05, 0) is 37.0 Å². The molecule has 1 N–H and O–H groups in total. The van der Waals surface area contributed by atoms with Gasteiger partial charge in [-0.2, -0.15) is 0 Å². The SMILES string of the molecule is Oc1cccc(C2C=CCCC2)c1. The minimum atomic E-state index is 0.372. The van der Waals surface area contributed by atoms with Gasteiger partial charge in [0, 0.05) is 5.92 Å². The van der Waals surface area contributed by atoms with E-state index in [4.69, 9.17) is 0 Å². The van der Waals surface area contributed by atoms with E-state index in [1.165, 1.54) is 24.8 Å². The molecule has 0 fully saturated rings. The molecule has 1 aromatic rings. The quantitative estimate of drug-likeness (QED) is 0.648. The highest BCUT2D eigenvalue weighted by atomic mass is 16.3. The number of rotatable bonds is 1. The smallest absolute Gasteiger partial charge is 0.115 e. The van der Waals surface area contributed by atoms with Gasteiger partial charge in [0.05, 0.1) is 0 Å². The lowest BCUT2D eigenvalue weighted by atomic mass is 9.89. The molecule has 1 aliphatic rings. The molecule has 68 valence electrons. The van der Waals surface area contributed by atoms with Crippen molar-refractivity contribution in [1.29, 1.82) is 0 Å². The van der Waals surface area contributed by atoms with Crippen molar-refractivity contribution in [3.8, 4) is 5.75 Å². The van der Waals surface area contributed by atoms with Gasteiger partial charge < -0.3 is 5.11 Å². The summed E-state index contributed by atoms with van der Waals surface area (Å²) in [5.74, 6) is 0.886. The standard InChI is InChI=1S/C12H14O/c13-12-8-4-7-11(9-12)10-5-2-1-3-6-10/h2,4-5,7-10,13H,1,3,6H2. The van der Waals surface area contributed by atoms with Gasteiger partial charge in [-0.1, -0.05) is 24.3 Å². The predicted octanol–water partition coefficient (Wildman–Crippen LogP) is 3.22. The zero-order valence-corrected chi connectivity index (χ0v) is 7.61. The predicted molar refractivity (Wildman–Crippen MR) is 53.8 cm³/mol. The number of aromatic hydroxyl groups is 1. The highest BCUT2D eigenvalue weighted by molar-refractivity contribution is 5.32. The van der Waals surface area contributed by atoms with Crippen LogP contribution in [0.15, 0.2) is 36.4 Å². The number of benzene rings is 1. The molecule has 0 radical (unpaired) electrons. The highest BCUT2D eigenvalue weighted by Gasteiger charge is 2.10. The van der Waals surface area contributed by atoms with Crippen LogP contribution >= 0.6 is 0 Å². The van der Waals surface area contributed by atoms with Gasteiger partial charge in [0.15, 0.2) is 0 Å². The summed E-state index contributed by atoms with van der Waals surface area (Å²) in [4.78, 5) is 0. The topological polar surface area (TPSA) is 20.2 Å². The molecule has 0 saturated carbocycles. The minimum Gasteiger partial charge on any atom is -0.508 e. The summed E-state index contributed by atoms with van der Waals surface area (Å²) in [5, 5.41) is 9.32. The first-order valence-corrected chi connectivity index (χ1v) is 4.82. The fourth-order valence-corrected chi connectivity index (χ4v) is 1.85. The summed E-state index contributed by atoms with van der Waals surface area (Å²) < 4.78 is 0. The van der Waals surface area contributed by atoms with E-state index in [9.17, 15) is 5.11 Å². The Balaban J connectivity index is 2.24. The van der Waals surface area contributed by atoms with Crippen LogP contribution < -0.4 is 0 Å². The molecule has 1 aromatic carbocycles. The van der Waals surface area contributed by atoms with E-state index in [1.54, 1.807) is 6.07 Å². The van der Waals surface area contributed by atoms with Crippen molar-refractivity contribution in [2.24, 2.45) is 0 Å². The van der Waals surface area contributed by atoms with Crippen molar-refractivity contribution in [2.45, 2.75) is 25.2 Å². The first kappa shape index (κ1) is 8.36. The zero-order chi connectivity index (χ0) is 9.10. The first-order chi connectivity index (χ1) is 6.36. The lowest BCUT2D eigenvalue weighted by Gasteiger charge is -2.16. The Morgan fingerprint density at radius 3 is 2.92 bits per heavy atom. The van der Waals surface area contributed by atoms with E-state index in [0.29, 0.717) is 11.7 Å². The molecule has 0 bridgehead atoms. The van der Waals surface area contributed by atoms with Crippen LogP contribution in [0.5, 0.6) is 5.75 Å². The molecule has 1 nitrogen and oxygen atoms in total. The fraction of sp³-hybridized carbons (Fsp3) is 0.333. The van der Waals surface area contributed by atoms with Gasteiger partial charge >= 0.3 is 0 Å². The van der Waals surface area contributed by atoms with Gasteiger partial charge in [-0.3, -0.25) is 0 Å². The summed E-state index contributed by atoms with van der Waals surface area (Å²) >= 11 is 0. The van der Waals surface area contributed by atoms with Crippen molar-refractivity contribution >= 4 is 0 Å². The largest absolute Gasteiger partial charge is 0.508 e. The van der Waals surface area contributed by atoms with Crippen molar-refractivity contribution in [3.63, 3.8) is 0 Å². The molecular formula is C12H14O. The maximum atomic E-state index is 9.32. The van der Waals surface area contributed by atoms with E-state index >= 15 is 0 Å². The molecule has 0 aliphatic heterocycles. The van der Waals surface area contributed by atoms with Crippen LogP contribution in [0, 0.1) is 0 Å². The van der Waals surface area contributed by atoms with Gasteiger partial charge in [-0.25, -0.2) is 0 Å². The van der Waals surface area contributed by atoms with Crippen LogP contribution in [0.1, 0.15) is 30.7 Å². The molecule has 2 rings (SSSR count). The van der Waals surface area contributed by atoms with Gasteiger partial charge in [-0.15, -0.1) is 0 Å². The Bertz CT molecular complexity index is 315. The lowest BCUT2D eigenvalue weighted by molar-refractivity contribution is 0.473. The number of allylic oxidation sites excluding steroid dienone is 2. The third kappa shape index (κ3) is 1.92. The Morgan fingerprint density at radius 1 is 1.31 bits per heavy atom. The summed E-state index contributed by atoms with van der Waals surface area (Å²) in [5.41, 5.74) is 1.23. The Labute approximate surface area is 78.7 Å². The third-order valence-electron chi connectivity index (χ3n) is 2.55. The van der Waals surface area contributed by atoms with E-state index in [0.717, 1.165) is 0 Å². The normalized spacial score (nSPS) is 21.7. The van der Waals surface area contributed by atoms with Crippen molar-refractivity contribution < 1.29 is 5.11 Å². The molecule has 0 saturated heterocycles. The van der Waals surface area contributed by atoms with Gasteiger partial charge in [0.25, 0.3) is 0 Å². The maximum Gasteiger partial charge on any atom is 0.115 e. The van der Waals surface area contributed by atoms with Gasteiger partial charge in [0.2, 0.25) is 0 Å². The molecule has 1 unspecified atom stereocenters. The van der Waals surface area contributed by atoms with Crippen molar-refractivity contribution in [2.75, 3.05) is 0 Å². The molecular weight excluding hydrogens is 160 g/mol. The summed E-state index contributed by atoms with van der Waals surface area (Å²) in [6.07, 6.45) is 8.16. The molecule has 0 amide bonds. The summed E-state index contributed by atoms with van der Waals surface area (Å²) in [7, 11) is 0. The van der Waals surface area contributed by atoms with Crippen LogP contribution in [0.3, 0.4) is 0 Å². The van der Waals surface area contributed by atoms with Crippen LogP contribution in [0.25, 0.3) is 0 Å². The molecule has 0 heterocycles. The maximum absolute atomic E-state index is 9.32. The average Bonchev–Trinajstić information content (AvgIpc) is 2.19. The number of phenols is 1. The van der Waals surface area contributed by atoms with Crippen LogP contribution in [0.2, 0.25) is 0 Å². The monoisotopic (exact) mass is 174 g/mol. The van der Waals surface area contributed by atoms with Crippen LogP contribution in [-0.4, -0.2) is 5.11 Å². The fourth-order valence-electron chi connectivity index (χ4n) is 1.85.